The molecule has 0 atom stereocenters. The Bertz CT molecular complexity index is 1380. The number of amides is 1. The number of anilines is 3. The Morgan fingerprint density at radius 2 is 1.95 bits per heavy atom. The van der Waals surface area contributed by atoms with Crippen molar-refractivity contribution in [1.29, 1.82) is 0 Å². The zero-order chi connectivity index (χ0) is 26.5. The van der Waals surface area contributed by atoms with Crippen LogP contribution in [0.2, 0.25) is 0 Å². The van der Waals surface area contributed by atoms with E-state index in [1.165, 1.54) is 10.6 Å². The molecule has 1 amide bonds. The van der Waals surface area contributed by atoms with Crippen LogP contribution in [0, 0.1) is 5.82 Å². The van der Waals surface area contributed by atoms with Gasteiger partial charge in [0.25, 0.3) is 11.7 Å². The van der Waals surface area contributed by atoms with Crippen LogP contribution in [0.4, 0.5) is 22.0 Å². The number of rotatable bonds is 10. The minimum absolute atomic E-state index is 0.167. The summed E-state index contributed by atoms with van der Waals surface area (Å²) < 4.78 is 21.5. The highest BCUT2D eigenvalue weighted by molar-refractivity contribution is 5.94. The first-order valence-electron chi connectivity index (χ1n) is 12.4. The number of nitrogens with two attached hydrogens (primary N) is 1. The zero-order valence-corrected chi connectivity index (χ0v) is 21.0. The third-order valence-electron chi connectivity index (χ3n) is 6.27. The Kier molecular flexibility index (Phi) is 7.60. The fraction of sp³-hybridized carbons (Fsp3) is 0.375. The van der Waals surface area contributed by atoms with Crippen molar-refractivity contribution in [2.24, 2.45) is 0 Å². The van der Waals surface area contributed by atoms with Gasteiger partial charge in [-0.1, -0.05) is 0 Å². The molecule has 0 radical (unpaired) electrons. The lowest BCUT2D eigenvalue weighted by Gasteiger charge is -2.36. The van der Waals surface area contributed by atoms with Crippen LogP contribution in [0.1, 0.15) is 10.4 Å². The van der Waals surface area contributed by atoms with E-state index < -0.39 is 5.82 Å². The molecule has 0 aliphatic carbocycles. The quantitative estimate of drug-likeness (QED) is 0.217. The van der Waals surface area contributed by atoms with Gasteiger partial charge < -0.3 is 31.0 Å². The third-order valence-corrected chi connectivity index (χ3v) is 6.27. The maximum absolute atomic E-state index is 14.8. The topological polar surface area (TPSA) is 155 Å². The first kappa shape index (κ1) is 25.4. The van der Waals surface area contributed by atoms with E-state index >= 15 is 0 Å². The first-order chi connectivity index (χ1) is 18.5. The van der Waals surface area contributed by atoms with E-state index in [1.807, 2.05) is 4.90 Å². The number of nitrogens with one attached hydrogen (secondary N) is 3. The number of benzene rings is 1. The monoisotopic (exact) mass is 523 g/mol. The largest absolute Gasteiger partial charge is 0.461 e. The van der Waals surface area contributed by atoms with Crippen molar-refractivity contribution >= 4 is 29.3 Å². The van der Waals surface area contributed by atoms with Gasteiger partial charge in [-0.25, -0.2) is 4.39 Å². The molecule has 14 heteroatoms. The number of fused-ring (bicyclic) bond motifs is 1. The molecular formula is C24H30FN11O2. The molecule has 38 heavy (non-hydrogen) atoms. The Labute approximate surface area is 218 Å². The molecule has 1 saturated heterocycles. The molecule has 4 heterocycles. The average molecular weight is 524 g/mol. The molecule has 0 saturated carbocycles. The number of likely N-dealkylation sites (N-methyl/N-ethyl adjacent to an activating group) is 1. The maximum atomic E-state index is 14.8. The lowest BCUT2D eigenvalue weighted by atomic mass is 10.1. The molecule has 5 rings (SSSR count). The van der Waals surface area contributed by atoms with Crippen molar-refractivity contribution < 1.29 is 13.6 Å². The van der Waals surface area contributed by atoms with E-state index in [9.17, 15) is 9.18 Å². The van der Waals surface area contributed by atoms with Crippen molar-refractivity contribution in [3.63, 3.8) is 0 Å². The number of nitrogen functional groups attached to an aromatic ring is 1. The van der Waals surface area contributed by atoms with Crippen molar-refractivity contribution in [3.8, 4) is 11.6 Å². The molecule has 200 valence electrons. The normalized spacial score (nSPS) is 14.2. The van der Waals surface area contributed by atoms with E-state index in [-0.39, 0.29) is 11.9 Å². The predicted molar refractivity (Wildman–Crippen MR) is 140 cm³/mol. The summed E-state index contributed by atoms with van der Waals surface area (Å²) in [5, 5.41) is 13.2. The van der Waals surface area contributed by atoms with Crippen molar-refractivity contribution in [2.75, 3.05) is 75.4 Å². The molecular weight excluding hydrogens is 493 g/mol. The number of hydrogen-bond acceptors (Lipinski definition) is 11. The Morgan fingerprint density at radius 3 is 2.68 bits per heavy atom. The van der Waals surface area contributed by atoms with Crippen LogP contribution in [0.15, 0.2) is 41.0 Å². The maximum Gasteiger partial charge on any atom is 0.259 e. The number of hydrogen-bond donors (Lipinski definition) is 4. The Balaban J connectivity index is 1.11. The molecule has 0 bridgehead atoms. The molecule has 0 spiro atoms. The van der Waals surface area contributed by atoms with Crippen LogP contribution in [0.5, 0.6) is 0 Å². The van der Waals surface area contributed by atoms with E-state index in [4.69, 9.17) is 10.2 Å². The third kappa shape index (κ3) is 5.65. The van der Waals surface area contributed by atoms with Gasteiger partial charge in [0.2, 0.25) is 17.7 Å². The molecule has 1 aliphatic rings. The smallest absolute Gasteiger partial charge is 0.259 e. The van der Waals surface area contributed by atoms with Crippen LogP contribution in [0.25, 0.3) is 17.4 Å². The van der Waals surface area contributed by atoms with Gasteiger partial charge in [0.1, 0.15) is 5.82 Å². The second kappa shape index (κ2) is 11.4. The Morgan fingerprint density at radius 1 is 1.11 bits per heavy atom. The number of furan rings is 1. The number of carbonyl (C=O) groups excluding carboxylic acids is 1. The lowest BCUT2D eigenvalue weighted by molar-refractivity contribution is 0.0953. The summed E-state index contributed by atoms with van der Waals surface area (Å²) in [5.74, 6) is 1.08. The summed E-state index contributed by atoms with van der Waals surface area (Å²) in [7, 11) is 1.81. The second-order valence-electron chi connectivity index (χ2n) is 8.81. The van der Waals surface area contributed by atoms with Gasteiger partial charge >= 0.3 is 0 Å². The van der Waals surface area contributed by atoms with Crippen molar-refractivity contribution in [3.05, 3.63) is 48.0 Å². The molecule has 3 aromatic heterocycles. The second-order valence-corrected chi connectivity index (χ2v) is 8.81. The highest BCUT2D eigenvalue weighted by Gasteiger charge is 2.21. The SMILES string of the molecule is CNCCNC(=O)c1ccc(N2CCN(CCNc3nc(N)n4nc(-c5ccco5)nc4n3)CC2)c(F)c1. The summed E-state index contributed by atoms with van der Waals surface area (Å²) in [6, 6.07) is 8.16. The zero-order valence-electron chi connectivity index (χ0n) is 21.0. The fourth-order valence-electron chi connectivity index (χ4n) is 4.24. The van der Waals surface area contributed by atoms with E-state index in [2.05, 4.69) is 40.9 Å². The summed E-state index contributed by atoms with van der Waals surface area (Å²) in [4.78, 5) is 29.5. The lowest BCUT2D eigenvalue weighted by Crippen LogP contribution is -2.48. The molecule has 4 aromatic rings. The van der Waals surface area contributed by atoms with Gasteiger partial charge in [-0.05, 0) is 37.4 Å². The molecule has 13 nitrogen and oxygen atoms in total. The van der Waals surface area contributed by atoms with Gasteiger partial charge in [0, 0.05) is 57.9 Å². The highest BCUT2D eigenvalue weighted by atomic mass is 19.1. The predicted octanol–water partition coefficient (Wildman–Crippen LogP) is 0.684. The van der Waals surface area contributed by atoms with Gasteiger partial charge in [0.05, 0.1) is 12.0 Å². The minimum Gasteiger partial charge on any atom is -0.461 e. The standard InChI is InChI=1S/C24H30FN11O2/c1-27-6-7-28-21(37)16-4-5-18(17(25)15-16)35-12-10-34(11-13-35)9-8-29-23-31-22(26)36-24(32-23)30-20(33-36)19-3-2-14-38-19/h2-5,14-15,27H,6-13H2,1H3,(H,28,37)(H3,26,29,30,31,32,33). The number of halogens is 1. The van der Waals surface area contributed by atoms with Gasteiger partial charge in [-0.15, -0.1) is 5.10 Å². The summed E-state index contributed by atoms with van der Waals surface area (Å²) >= 11 is 0. The van der Waals surface area contributed by atoms with Crippen LogP contribution in [0.3, 0.4) is 0 Å². The van der Waals surface area contributed by atoms with Crippen molar-refractivity contribution in [1.82, 2.24) is 40.1 Å². The van der Waals surface area contributed by atoms with Gasteiger partial charge in [-0.3, -0.25) is 9.69 Å². The first-order valence-corrected chi connectivity index (χ1v) is 12.4. The van der Waals surface area contributed by atoms with E-state index in [0.717, 1.165) is 19.6 Å². The summed E-state index contributed by atoms with van der Waals surface area (Å²) in [5.41, 5.74) is 6.87. The summed E-state index contributed by atoms with van der Waals surface area (Å²) in [6.45, 7) is 5.37. The van der Waals surface area contributed by atoms with E-state index in [0.29, 0.717) is 67.3 Å². The molecule has 1 aliphatic heterocycles. The van der Waals surface area contributed by atoms with Crippen molar-refractivity contribution in [2.45, 2.75) is 0 Å². The van der Waals surface area contributed by atoms with Crippen LogP contribution >= 0.6 is 0 Å². The van der Waals surface area contributed by atoms with Gasteiger partial charge in [0.15, 0.2) is 5.76 Å². The average Bonchev–Trinajstić information content (AvgIpc) is 3.60. The molecule has 1 fully saturated rings. The Hall–Kier alpha value is -4.30. The minimum atomic E-state index is -0.393. The van der Waals surface area contributed by atoms with Gasteiger partial charge in [-0.2, -0.15) is 19.5 Å². The van der Waals surface area contributed by atoms with E-state index in [1.54, 1.807) is 37.6 Å². The fourth-order valence-corrected chi connectivity index (χ4v) is 4.24. The van der Waals surface area contributed by atoms with Crippen LogP contribution in [-0.4, -0.2) is 94.8 Å². The molecule has 0 unspecified atom stereocenters. The number of aromatic nitrogens is 5. The summed E-state index contributed by atoms with van der Waals surface area (Å²) in [6.07, 6.45) is 1.55. The van der Waals surface area contributed by atoms with Crippen LogP contribution < -0.4 is 26.6 Å². The molecule has 1 aromatic carbocycles. The number of piperazine rings is 1. The molecule has 5 N–H and O–H groups in total. The number of nitrogens with zero attached hydrogens (tertiary/aromatic N) is 7. The van der Waals surface area contributed by atoms with Crippen LogP contribution in [-0.2, 0) is 0 Å². The number of carbonyl (C=O) groups is 1. The highest BCUT2D eigenvalue weighted by Crippen LogP contribution is 2.22.